The highest BCUT2D eigenvalue weighted by molar-refractivity contribution is 5.98. The second-order valence-corrected chi connectivity index (χ2v) is 14.5. The average molecular weight is 613 g/mol. The summed E-state index contributed by atoms with van der Waals surface area (Å²) in [6.45, 7) is 12.3. The van der Waals surface area contributed by atoms with Crippen molar-refractivity contribution in [3.8, 4) is 0 Å². The Labute approximate surface area is 258 Å². The van der Waals surface area contributed by atoms with Gasteiger partial charge in [-0.05, 0) is 80.8 Å². The van der Waals surface area contributed by atoms with E-state index in [0.29, 0.717) is 24.8 Å². The van der Waals surface area contributed by atoms with Gasteiger partial charge in [0.1, 0.15) is 24.4 Å². The lowest BCUT2D eigenvalue weighted by Crippen LogP contribution is -2.64. The predicted octanol–water partition coefficient (Wildman–Crippen LogP) is 4.04. The Morgan fingerprint density at radius 1 is 1.05 bits per heavy atom. The molecule has 12 atom stereocenters. The third-order valence-electron chi connectivity index (χ3n) is 12.4. The molecule has 6 unspecified atom stereocenters. The van der Waals surface area contributed by atoms with Gasteiger partial charge < -0.3 is 23.7 Å². The van der Waals surface area contributed by atoms with E-state index in [2.05, 4.69) is 13.8 Å². The lowest BCUT2D eigenvalue weighted by atomic mass is 9.44. The van der Waals surface area contributed by atoms with Gasteiger partial charge in [-0.1, -0.05) is 19.4 Å². The minimum atomic E-state index is -0.875. The van der Waals surface area contributed by atoms with Crippen LogP contribution in [0.1, 0.15) is 80.6 Å². The first-order valence-electron chi connectivity index (χ1n) is 15.9. The Bertz CT molecular complexity index is 1360. The zero-order valence-corrected chi connectivity index (χ0v) is 26.7. The van der Waals surface area contributed by atoms with E-state index in [1.807, 2.05) is 13.8 Å². The molecule has 0 N–H and O–H groups in total. The maximum absolute atomic E-state index is 13.8. The molecule has 2 heterocycles. The van der Waals surface area contributed by atoms with Crippen molar-refractivity contribution in [2.24, 2.45) is 40.4 Å². The molecule has 0 aromatic rings. The molecular formula is C34H44O10. The van der Waals surface area contributed by atoms with Crippen LogP contribution in [-0.2, 0) is 47.7 Å². The average Bonchev–Trinajstić information content (AvgIpc) is 3.59. The molecule has 0 bridgehead atoms. The van der Waals surface area contributed by atoms with Gasteiger partial charge in [0.15, 0.2) is 11.9 Å². The van der Waals surface area contributed by atoms with Crippen LogP contribution in [0.2, 0.25) is 0 Å². The maximum atomic E-state index is 13.8. The van der Waals surface area contributed by atoms with E-state index in [4.69, 9.17) is 23.7 Å². The van der Waals surface area contributed by atoms with Crippen molar-refractivity contribution in [2.75, 3.05) is 6.61 Å². The number of fused-ring (bicyclic) bond motifs is 4. The molecule has 10 heteroatoms. The van der Waals surface area contributed by atoms with Crippen molar-refractivity contribution < 1.29 is 47.7 Å². The molecule has 0 aromatic carbocycles. The van der Waals surface area contributed by atoms with Gasteiger partial charge in [-0.3, -0.25) is 19.2 Å². The Balaban J connectivity index is 1.30. The summed E-state index contributed by atoms with van der Waals surface area (Å²) >= 11 is 0. The molecule has 4 aliphatic carbocycles. The number of rotatable bonds is 6. The van der Waals surface area contributed by atoms with E-state index in [1.54, 1.807) is 12.2 Å². The first kappa shape index (κ1) is 31.0. The molecule has 6 rings (SSSR count). The minimum absolute atomic E-state index is 0.00501. The Kier molecular flexibility index (Phi) is 7.42. The van der Waals surface area contributed by atoms with Gasteiger partial charge in [0.25, 0.3) is 0 Å². The van der Waals surface area contributed by atoms with Crippen molar-refractivity contribution in [2.45, 2.75) is 111 Å². The number of hydrogen-bond acceptors (Lipinski definition) is 10. The smallest absolute Gasteiger partial charge is 0.337 e. The van der Waals surface area contributed by atoms with Crippen molar-refractivity contribution in [3.63, 3.8) is 0 Å². The fraction of sp³-hybridized carbons (Fsp3) is 0.735. The van der Waals surface area contributed by atoms with Crippen LogP contribution in [0.5, 0.6) is 0 Å². The summed E-state index contributed by atoms with van der Waals surface area (Å²) in [5.41, 5.74) is -0.741. The second kappa shape index (κ2) is 10.5. The summed E-state index contributed by atoms with van der Waals surface area (Å²) in [6, 6.07) is 0. The van der Waals surface area contributed by atoms with E-state index < -0.39 is 35.0 Å². The topological polar surface area (TPSA) is 135 Å². The molecule has 3 saturated carbocycles. The number of carbonyl (C=O) groups is 5. The lowest BCUT2D eigenvalue weighted by Gasteiger charge is -2.58. The first-order chi connectivity index (χ1) is 20.6. The zero-order valence-electron chi connectivity index (χ0n) is 26.7. The van der Waals surface area contributed by atoms with Gasteiger partial charge in [0.05, 0.1) is 17.1 Å². The fourth-order valence-corrected chi connectivity index (χ4v) is 10.5. The Morgan fingerprint density at radius 2 is 1.75 bits per heavy atom. The van der Waals surface area contributed by atoms with Crippen molar-refractivity contribution in [1.29, 1.82) is 0 Å². The minimum Gasteiger partial charge on any atom is -0.462 e. The SMILES string of the molecule is CC(=O)OCC1=C(C)CC([C@@H](C)C2CC(OC(C)=O)C3C4C[C@H]5O[C@]56[C@H](OC(C)=O)C=CC(=O)[C@]6(C)C4CC[C@@]32C)OC1=O. The Hall–Kier alpha value is -3.01. The largest absolute Gasteiger partial charge is 0.462 e. The van der Waals surface area contributed by atoms with Gasteiger partial charge >= 0.3 is 23.9 Å². The van der Waals surface area contributed by atoms with E-state index in [-0.39, 0.29) is 71.7 Å². The summed E-state index contributed by atoms with van der Waals surface area (Å²) in [4.78, 5) is 62.6. The van der Waals surface area contributed by atoms with Crippen LogP contribution in [0.4, 0.5) is 0 Å². The van der Waals surface area contributed by atoms with Crippen molar-refractivity contribution in [1.82, 2.24) is 0 Å². The molecular weight excluding hydrogens is 568 g/mol. The summed E-state index contributed by atoms with van der Waals surface area (Å²) in [6.07, 6.45) is 5.12. The lowest BCUT2D eigenvalue weighted by molar-refractivity contribution is -0.172. The molecule has 240 valence electrons. The molecule has 2 aliphatic heterocycles. The van der Waals surface area contributed by atoms with Crippen LogP contribution in [-0.4, -0.2) is 66.3 Å². The number of cyclic esters (lactones) is 1. The highest BCUT2D eigenvalue weighted by Gasteiger charge is 2.81. The molecule has 0 amide bonds. The fourth-order valence-electron chi connectivity index (χ4n) is 10.5. The van der Waals surface area contributed by atoms with Crippen LogP contribution >= 0.6 is 0 Å². The monoisotopic (exact) mass is 612 g/mol. The zero-order chi connectivity index (χ0) is 31.9. The van der Waals surface area contributed by atoms with Crippen LogP contribution < -0.4 is 0 Å². The summed E-state index contributed by atoms with van der Waals surface area (Å²) in [7, 11) is 0. The Morgan fingerprint density at radius 3 is 2.39 bits per heavy atom. The summed E-state index contributed by atoms with van der Waals surface area (Å²) in [5, 5.41) is 0. The van der Waals surface area contributed by atoms with E-state index in [0.717, 1.165) is 18.4 Å². The molecule has 4 fully saturated rings. The highest BCUT2D eigenvalue weighted by atomic mass is 16.7. The number of ether oxygens (including phenoxy) is 5. The molecule has 10 nitrogen and oxygen atoms in total. The van der Waals surface area contributed by atoms with Crippen LogP contribution in [0, 0.1) is 40.4 Å². The third kappa shape index (κ3) is 4.41. The van der Waals surface area contributed by atoms with E-state index in [1.165, 1.54) is 20.8 Å². The van der Waals surface area contributed by atoms with Crippen molar-refractivity contribution >= 4 is 29.7 Å². The number of hydrogen-bond donors (Lipinski definition) is 0. The highest BCUT2D eigenvalue weighted by Crippen LogP contribution is 2.73. The standard InChI is InChI=1S/C34H44O10/c1-16-12-25(43-31(39)22(16)15-40-18(3)35)17(2)24-14-26(41-19(4)36)30-21-13-29-34(44-29)28(42-20(5)37)9-8-27(38)33(34,7)23(21)10-11-32(24,30)6/h8-9,17,21,23-26,28-30H,10-15H2,1-7H3/t17-,21?,23?,24?,25?,26?,28+,29+,30?,32+,33-,34+/m0/s1. The quantitative estimate of drug-likeness (QED) is 0.246. The van der Waals surface area contributed by atoms with Gasteiger partial charge in [0.2, 0.25) is 0 Å². The summed E-state index contributed by atoms with van der Waals surface area (Å²) < 4.78 is 29.3. The molecule has 6 aliphatic rings. The van der Waals surface area contributed by atoms with Crippen molar-refractivity contribution in [3.05, 3.63) is 23.3 Å². The van der Waals surface area contributed by atoms with Gasteiger partial charge in [-0.25, -0.2) is 4.79 Å². The maximum Gasteiger partial charge on any atom is 0.337 e. The first-order valence-corrected chi connectivity index (χ1v) is 15.9. The normalized spacial score (nSPS) is 44.3. The number of allylic oxidation sites excluding steroid dienone is 1. The number of carbonyl (C=O) groups excluding carboxylic acids is 5. The van der Waals surface area contributed by atoms with Gasteiger partial charge in [-0.2, -0.15) is 0 Å². The molecule has 1 saturated heterocycles. The van der Waals surface area contributed by atoms with E-state index >= 15 is 0 Å². The number of ketones is 1. The van der Waals surface area contributed by atoms with Crippen LogP contribution in [0.15, 0.2) is 23.3 Å². The third-order valence-corrected chi connectivity index (χ3v) is 12.4. The second-order valence-electron chi connectivity index (χ2n) is 14.5. The number of esters is 4. The molecule has 0 aromatic heterocycles. The molecule has 1 spiro atoms. The van der Waals surface area contributed by atoms with Gasteiger partial charge in [0, 0.05) is 33.1 Å². The number of epoxide rings is 1. The molecule has 0 radical (unpaired) electrons. The van der Waals surface area contributed by atoms with Crippen LogP contribution in [0.3, 0.4) is 0 Å². The molecule has 44 heavy (non-hydrogen) atoms. The summed E-state index contributed by atoms with van der Waals surface area (Å²) in [5.74, 6) is -1.60. The van der Waals surface area contributed by atoms with Crippen LogP contribution in [0.25, 0.3) is 0 Å². The van der Waals surface area contributed by atoms with Gasteiger partial charge in [-0.15, -0.1) is 0 Å². The van der Waals surface area contributed by atoms with E-state index in [9.17, 15) is 24.0 Å². The predicted molar refractivity (Wildman–Crippen MR) is 154 cm³/mol.